The lowest BCUT2D eigenvalue weighted by molar-refractivity contribution is -0.137. The van der Waals surface area contributed by atoms with E-state index in [1.807, 2.05) is 13.8 Å². The van der Waals surface area contributed by atoms with Crippen molar-refractivity contribution >= 4 is 11.2 Å². The second kappa shape index (κ2) is 10.3. The molecule has 4 rings (SSSR count). The summed E-state index contributed by atoms with van der Waals surface area (Å²) in [6.45, 7) is 5.02. The molecule has 0 radical (unpaired) electrons. The second-order valence-electron chi connectivity index (χ2n) is 8.30. The van der Waals surface area contributed by atoms with Gasteiger partial charge in [0.15, 0.2) is 5.65 Å². The van der Waals surface area contributed by atoms with E-state index in [0.717, 1.165) is 12.1 Å². The number of aromatic nitrogens is 6. The lowest BCUT2D eigenvalue weighted by Crippen LogP contribution is -2.40. The maximum atomic E-state index is 12.9. The summed E-state index contributed by atoms with van der Waals surface area (Å²) in [7, 11) is 0. The molecule has 11 heteroatoms. The SMILES string of the molecule is CCCn1c(=O)c2[nH]c(-c3cnn(CCC#Cc4cccc(C(F)(F)F)c4)c3)nc2n(CCC)c1=O. The molecule has 0 bridgehead atoms. The van der Waals surface area contributed by atoms with Gasteiger partial charge in [-0.2, -0.15) is 18.3 Å². The van der Waals surface area contributed by atoms with Crippen molar-refractivity contribution < 1.29 is 13.2 Å². The third-order valence-electron chi connectivity index (χ3n) is 5.55. The van der Waals surface area contributed by atoms with Gasteiger partial charge in [-0.15, -0.1) is 0 Å². The first-order chi connectivity index (χ1) is 17.2. The lowest BCUT2D eigenvalue weighted by Gasteiger charge is -2.09. The minimum Gasteiger partial charge on any atom is -0.332 e. The Bertz CT molecular complexity index is 1560. The predicted molar refractivity (Wildman–Crippen MR) is 129 cm³/mol. The molecule has 0 amide bonds. The molecule has 3 aromatic heterocycles. The Morgan fingerprint density at radius 2 is 1.81 bits per heavy atom. The minimum atomic E-state index is -4.41. The van der Waals surface area contributed by atoms with E-state index in [9.17, 15) is 22.8 Å². The van der Waals surface area contributed by atoms with Crippen LogP contribution in [-0.4, -0.2) is 28.9 Å². The van der Waals surface area contributed by atoms with Crippen LogP contribution >= 0.6 is 0 Å². The number of nitrogens with zero attached hydrogens (tertiary/aromatic N) is 5. The van der Waals surface area contributed by atoms with Crippen LogP contribution in [-0.2, 0) is 25.8 Å². The van der Waals surface area contributed by atoms with Gasteiger partial charge in [0.05, 0.1) is 23.9 Å². The Morgan fingerprint density at radius 3 is 2.53 bits per heavy atom. The zero-order chi connectivity index (χ0) is 25.9. The summed E-state index contributed by atoms with van der Waals surface area (Å²) >= 11 is 0. The lowest BCUT2D eigenvalue weighted by atomic mass is 10.1. The number of nitrogens with one attached hydrogen (secondary N) is 1. The molecular formula is C25H25F3N6O2. The zero-order valence-corrected chi connectivity index (χ0v) is 19.9. The minimum absolute atomic E-state index is 0.270. The fraction of sp³-hybridized carbons (Fsp3) is 0.360. The highest BCUT2D eigenvalue weighted by Gasteiger charge is 2.30. The van der Waals surface area contributed by atoms with Crippen molar-refractivity contribution in [2.45, 2.75) is 58.9 Å². The topological polar surface area (TPSA) is 90.5 Å². The highest BCUT2D eigenvalue weighted by Crippen LogP contribution is 2.29. The maximum absolute atomic E-state index is 12.9. The number of aromatic amines is 1. The zero-order valence-electron chi connectivity index (χ0n) is 19.9. The summed E-state index contributed by atoms with van der Waals surface area (Å²) in [6.07, 6.45) is 0.642. The smallest absolute Gasteiger partial charge is 0.332 e. The van der Waals surface area contributed by atoms with E-state index >= 15 is 0 Å². The molecule has 0 aliphatic rings. The molecule has 8 nitrogen and oxygen atoms in total. The maximum Gasteiger partial charge on any atom is 0.416 e. The average molecular weight is 499 g/mol. The van der Waals surface area contributed by atoms with E-state index in [1.54, 1.807) is 17.1 Å². The van der Waals surface area contributed by atoms with Crippen LogP contribution in [0.5, 0.6) is 0 Å². The van der Waals surface area contributed by atoms with Crippen LogP contribution in [0.3, 0.4) is 0 Å². The van der Waals surface area contributed by atoms with Gasteiger partial charge >= 0.3 is 11.9 Å². The van der Waals surface area contributed by atoms with Crippen LogP contribution in [0.25, 0.3) is 22.6 Å². The summed E-state index contributed by atoms with van der Waals surface area (Å²) in [5.74, 6) is 6.04. The van der Waals surface area contributed by atoms with Crippen molar-refractivity contribution in [3.63, 3.8) is 0 Å². The van der Waals surface area contributed by atoms with E-state index in [-0.39, 0.29) is 11.2 Å². The third-order valence-corrected chi connectivity index (χ3v) is 5.55. The highest BCUT2D eigenvalue weighted by molar-refractivity contribution is 5.75. The summed E-state index contributed by atoms with van der Waals surface area (Å²) in [4.78, 5) is 33.3. The standard InChI is InChI=1S/C25H25F3N6O2/c1-3-11-33-22-20(23(35)34(12-4-2)24(33)36)30-21(31-22)18-15-29-32(16-18)13-6-5-8-17-9-7-10-19(14-17)25(26,27)28/h7,9-10,14-16H,3-4,6,11-13H2,1-2H3,(H,30,31). The Morgan fingerprint density at radius 1 is 1.06 bits per heavy atom. The van der Waals surface area contributed by atoms with Gasteiger partial charge in [-0.3, -0.25) is 18.6 Å². The molecule has 1 aromatic carbocycles. The number of halogens is 3. The van der Waals surface area contributed by atoms with Crippen molar-refractivity contribution in [2.75, 3.05) is 0 Å². The van der Waals surface area contributed by atoms with Crippen LogP contribution in [0.4, 0.5) is 13.2 Å². The van der Waals surface area contributed by atoms with E-state index in [2.05, 4.69) is 26.9 Å². The first kappa shape index (κ1) is 25.0. The average Bonchev–Trinajstić information content (AvgIpc) is 3.50. The largest absolute Gasteiger partial charge is 0.416 e. The molecule has 36 heavy (non-hydrogen) atoms. The molecule has 0 spiro atoms. The van der Waals surface area contributed by atoms with Crippen LogP contribution in [0.15, 0.2) is 46.2 Å². The number of fused-ring (bicyclic) bond motifs is 1. The Balaban J connectivity index is 1.55. The fourth-order valence-corrected chi connectivity index (χ4v) is 3.87. The number of hydrogen-bond donors (Lipinski definition) is 1. The van der Waals surface area contributed by atoms with E-state index in [0.29, 0.717) is 61.5 Å². The summed E-state index contributed by atoms with van der Waals surface area (Å²) in [5.41, 5.74) is 0.00126. The summed E-state index contributed by atoms with van der Waals surface area (Å²) in [5, 5.41) is 4.29. The Hall–Kier alpha value is -4.07. The van der Waals surface area contributed by atoms with Gasteiger partial charge in [-0.25, -0.2) is 9.78 Å². The molecular weight excluding hydrogens is 473 g/mol. The molecule has 0 saturated heterocycles. The van der Waals surface area contributed by atoms with Crippen molar-refractivity contribution in [1.29, 1.82) is 0 Å². The summed E-state index contributed by atoms with van der Waals surface area (Å²) < 4.78 is 42.9. The van der Waals surface area contributed by atoms with Gasteiger partial charge in [0.1, 0.15) is 11.3 Å². The van der Waals surface area contributed by atoms with Gasteiger partial charge in [0.2, 0.25) is 0 Å². The van der Waals surface area contributed by atoms with Crippen LogP contribution < -0.4 is 11.2 Å². The van der Waals surface area contributed by atoms with Crippen LogP contribution in [0.1, 0.15) is 44.2 Å². The summed E-state index contributed by atoms with van der Waals surface area (Å²) in [6, 6.07) is 4.89. The van der Waals surface area contributed by atoms with E-state index < -0.39 is 17.3 Å². The number of benzene rings is 1. The second-order valence-corrected chi connectivity index (χ2v) is 8.30. The fourth-order valence-electron chi connectivity index (χ4n) is 3.87. The van der Waals surface area contributed by atoms with Gasteiger partial charge < -0.3 is 4.98 Å². The van der Waals surface area contributed by atoms with Crippen molar-refractivity contribution in [3.05, 3.63) is 68.6 Å². The first-order valence-corrected chi connectivity index (χ1v) is 11.6. The molecule has 0 aliphatic heterocycles. The van der Waals surface area contributed by atoms with Gasteiger partial charge in [0.25, 0.3) is 5.56 Å². The number of alkyl halides is 3. The van der Waals surface area contributed by atoms with E-state index in [4.69, 9.17) is 0 Å². The molecule has 188 valence electrons. The number of imidazole rings is 1. The van der Waals surface area contributed by atoms with E-state index in [1.165, 1.54) is 21.3 Å². The van der Waals surface area contributed by atoms with Crippen molar-refractivity contribution in [2.24, 2.45) is 0 Å². The van der Waals surface area contributed by atoms with Gasteiger partial charge in [-0.1, -0.05) is 31.8 Å². The normalized spacial score (nSPS) is 11.6. The molecule has 0 aliphatic carbocycles. The quantitative estimate of drug-likeness (QED) is 0.390. The molecule has 3 heterocycles. The third kappa shape index (κ3) is 5.12. The monoisotopic (exact) mass is 498 g/mol. The molecule has 0 saturated carbocycles. The van der Waals surface area contributed by atoms with Gasteiger partial charge in [-0.05, 0) is 31.0 Å². The number of rotatable bonds is 7. The van der Waals surface area contributed by atoms with Crippen LogP contribution in [0, 0.1) is 11.8 Å². The Labute approximate surface area is 204 Å². The van der Waals surface area contributed by atoms with Crippen LogP contribution in [0.2, 0.25) is 0 Å². The molecule has 4 aromatic rings. The molecule has 0 fully saturated rings. The van der Waals surface area contributed by atoms with Crippen molar-refractivity contribution in [3.8, 4) is 23.2 Å². The molecule has 0 atom stereocenters. The number of hydrogen-bond acceptors (Lipinski definition) is 4. The Kier molecular flexibility index (Phi) is 7.15. The number of H-pyrrole nitrogens is 1. The molecule has 0 unspecified atom stereocenters. The first-order valence-electron chi connectivity index (χ1n) is 11.6. The predicted octanol–water partition coefficient (Wildman–Crippen LogP) is 4.03. The number of aryl methyl sites for hydroxylation is 2. The molecule has 1 N–H and O–H groups in total. The van der Waals surface area contributed by atoms with Crippen molar-refractivity contribution in [1.82, 2.24) is 28.9 Å². The van der Waals surface area contributed by atoms with Gasteiger partial charge in [0, 0.05) is 31.3 Å². The highest BCUT2D eigenvalue weighted by atomic mass is 19.4.